The molecule has 0 aliphatic rings. The van der Waals surface area contributed by atoms with E-state index in [1.165, 1.54) is 6.07 Å². The molecule has 0 saturated carbocycles. The minimum Gasteiger partial charge on any atom is -0.508 e. The lowest BCUT2D eigenvalue weighted by atomic mass is 10.0. The number of benzene rings is 1. The first-order valence-electron chi connectivity index (χ1n) is 4.06. The fraction of sp³-hybridized carbons (Fsp3) is 0.200. The van der Waals surface area contributed by atoms with Crippen molar-refractivity contribution in [3.63, 3.8) is 0 Å². The Kier molecular flexibility index (Phi) is 3.46. The first kappa shape index (κ1) is 9.74. The zero-order chi connectivity index (χ0) is 9.68. The van der Waals surface area contributed by atoms with Crippen molar-refractivity contribution in [3.05, 3.63) is 36.2 Å². The van der Waals surface area contributed by atoms with E-state index in [4.69, 9.17) is 10.8 Å². The molecule has 3 N–H and O–H groups in total. The summed E-state index contributed by atoms with van der Waals surface area (Å²) in [5, 5.41) is 9.14. The van der Waals surface area contributed by atoms with Crippen LogP contribution in [0.1, 0.15) is 12.0 Å². The number of phenols is 1. The van der Waals surface area contributed by atoms with Gasteiger partial charge in [-0.05, 0) is 36.2 Å². The molecule has 13 heavy (non-hydrogen) atoms. The highest BCUT2D eigenvalue weighted by Gasteiger charge is 2.01. The summed E-state index contributed by atoms with van der Waals surface area (Å²) >= 11 is 0. The van der Waals surface area contributed by atoms with E-state index in [2.05, 4.69) is 0 Å². The lowest BCUT2D eigenvalue weighted by Gasteiger charge is -2.04. The van der Waals surface area contributed by atoms with Crippen molar-refractivity contribution in [2.75, 3.05) is 6.54 Å². The summed E-state index contributed by atoms with van der Waals surface area (Å²) in [6.45, 7) is 0.394. The summed E-state index contributed by atoms with van der Waals surface area (Å²) in [7, 11) is 0. The van der Waals surface area contributed by atoms with E-state index in [0.717, 1.165) is 0 Å². The molecule has 0 aromatic heterocycles. The van der Waals surface area contributed by atoms with E-state index >= 15 is 0 Å². The lowest BCUT2D eigenvalue weighted by Crippen LogP contribution is -1.99. The van der Waals surface area contributed by atoms with Gasteiger partial charge in [-0.15, -0.1) is 0 Å². The predicted octanol–water partition coefficient (Wildman–Crippen LogP) is 2.05. The maximum Gasteiger partial charge on any atom is 0.116 e. The van der Waals surface area contributed by atoms with Crippen LogP contribution >= 0.6 is 0 Å². The van der Waals surface area contributed by atoms with Crippen molar-refractivity contribution >= 4 is 5.57 Å². The van der Waals surface area contributed by atoms with E-state index in [0.29, 0.717) is 30.4 Å². The van der Waals surface area contributed by atoms with Gasteiger partial charge in [0.1, 0.15) is 5.75 Å². The monoisotopic (exact) mass is 181 g/mol. The lowest BCUT2D eigenvalue weighted by molar-refractivity contribution is 0.475. The Morgan fingerprint density at radius 1 is 1.54 bits per heavy atom. The zero-order valence-electron chi connectivity index (χ0n) is 7.20. The molecule has 0 bridgehead atoms. The highest BCUT2D eigenvalue weighted by molar-refractivity contribution is 5.65. The van der Waals surface area contributed by atoms with Crippen molar-refractivity contribution in [2.45, 2.75) is 6.42 Å². The number of aromatic hydroxyl groups is 1. The van der Waals surface area contributed by atoms with Crippen LogP contribution in [0.25, 0.3) is 5.57 Å². The van der Waals surface area contributed by atoms with Gasteiger partial charge in [-0.3, -0.25) is 0 Å². The molecule has 0 amide bonds. The number of rotatable bonds is 3. The highest BCUT2D eigenvalue weighted by atomic mass is 19.1. The molecule has 70 valence electrons. The maximum absolute atomic E-state index is 12.4. The minimum absolute atomic E-state index is 0.133. The van der Waals surface area contributed by atoms with Gasteiger partial charge >= 0.3 is 0 Å². The van der Waals surface area contributed by atoms with Crippen LogP contribution in [0, 0.1) is 0 Å². The van der Waals surface area contributed by atoms with Gasteiger partial charge in [-0.25, -0.2) is 4.39 Å². The van der Waals surface area contributed by atoms with Gasteiger partial charge in [0.15, 0.2) is 0 Å². The Morgan fingerprint density at radius 2 is 2.31 bits per heavy atom. The van der Waals surface area contributed by atoms with E-state index in [-0.39, 0.29) is 5.75 Å². The van der Waals surface area contributed by atoms with Crippen LogP contribution in [0.15, 0.2) is 30.6 Å². The average molecular weight is 181 g/mol. The third-order valence-electron chi connectivity index (χ3n) is 1.76. The Morgan fingerprint density at radius 3 is 2.85 bits per heavy atom. The van der Waals surface area contributed by atoms with Gasteiger partial charge in [0.25, 0.3) is 0 Å². The first-order valence-corrected chi connectivity index (χ1v) is 4.06. The van der Waals surface area contributed by atoms with Gasteiger partial charge in [-0.1, -0.05) is 12.1 Å². The maximum atomic E-state index is 12.4. The van der Waals surface area contributed by atoms with Crippen LogP contribution in [0.2, 0.25) is 0 Å². The van der Waals surface area contributed by atoms with E-state index < -0.39 is 0 Å². The fourth-order valence-electron chi connectivity index (χ4n) is 1.12. The van der Waals surface area contributed by atoms with Gasteiger partial charge in [-0.2, -0.15) is 0 Å². The van der Waals surface area contributed by atoms with Crippen LogP contribution in [-0.2, 0) is 0 Å². The van der Waals surface area contributed by atoms with E-state index in [1.54, 1.807) is 18.2 Å². The molecule has 2 nitrogen and oxygen atoms in total. The number of halogens is 1. The Bertz CT molecular complexity index is 310. The van der Waals surface area contributed by atoms with Gasteiger partial charge in [0, 0.05) is 0 Å². The summed E-state index contributed by atoms with van der Waals surface area (Å²) in [5.74, 6) is 0.133. The topological polar surface area (TPSA) is 46.2 Å². The van der Waals surface area contributed by atoms with E-state index in [9.17, 15) is 4.39 Å². The number of hydrogen-bond acceptors (Lipinski definition) is 2. The molecule has 0 unspecified atom stereocenters. The summed E-state index contributed by atoms with van der Waals surface area (Å²) in [5.41, 5.74) is 6.50. The molecular weight excluding hydrogens is 169 g/mol. The smallest absolute Gasteiger partial charge is 0.116 e. The molecule has 1 aromatic rings. The number of nitrogens with two attached hydrogens (primary N) is 1. The molecule has 0 aliphatic heterocycles. The molecular formula is C10H12FNO. The molecule has 1 rings (SSSR count). The Labute approximate surface area is 76.5 Å². The first-order chi connectivity index (χ1) is 6.27. The van der Waals surface area contributed by atoms with Crippen molar-refractivity contribution in [1.29, 1.82) is 0 Å². The molecule has 0 fully saturated rings. The number of hydrogen-bond donors (Lipinski definition) is 2. The molecule has 0 heterocycles. The zero-order valence-corrected chi connectivity index (χ0v) is 7.20. The Hall–Kier alpha value is -1.35. The molecule has 3 heteroatoms. The second-order valence-electron chi connectivity index (χ2n) is 2.72. The minimum atomic E-state index is 0.133. The largest absolute Gasteiger partial charge is 0.508 e. The molecule has 1 aromatic carbocycles. The number of phenolic OH excluding ortho intramolecular Hbond substituents is 1. The second-order valence-corrected chi connectivity index (χ2v) is 2.72. The summed E-state index contributed by atoms with van der Waals surface area (Å²) in [6, 6.07) is 6.47. The molecule has 0 radical (unpaired) electrons. The summed E-state index contributed by atoms with van der Waals surface area (Å²) < 4.78 is 12.4. The van der Waals surface area contributed by atoms with Crippen molar-refractivity contribution in [2.24, 2.45) is 5.73 Å². The third-order valence-corrected chi connectivity index (χ3v) is 1.76. The standard InChI is InChI=1S/C10H12FNO/c11-7-9(4-5-12)8-2-1-3-10(13)6-8/h1-3,6-7,13H,4-5,12H2/b9-7+. The quantitative estimate of drug-likeness (QED) is 0.749. The summed E-state index contributed by atoms with van der Waals surface area (Å²) in [6.07, 6.45) is 1.00. The molecule has 0 aliphatic carbocycles. The predicted molar refractivity (Wildman–Crippen MR) is 50.9 cm³/mol. The van der Waals surface area contributed by atoms with Crippen LogP contribution < -0.4 is 5.73 Å². The normalized spacial score (nSPS) is 11.7. The summed E-state index contributed by atoms with van der Waals surface area (Å²) in [4.78, 5) is 0. The van der Waals surface area contributed by atoms with E-state index in [1.807, 2.05) is 0 Å². The third kappa shape index (κ3) is 2.56. The van der Waals surface area contributed by atoms with Crippen LogP contribution in [0.3, 0.4) is 0 Å². The second kappa shape index (κ2) is 4.62. The molecule has 0 spiro atoms. The van der Waals surface area contributed by atoms with Crippen LogP contribution in [0.4, 0.5) is 4.39 Å². The molecule has 0 saturated heterocycles. The van der Waals surface area contributed by atoms with Crippen molar-refractivity contribution in [3.8, 4) is 5.75 Å². The molecule has 0 atom stereocenters. The van der Waals surface area contributed by atoms with Crippen LogP contribution in [-0.4, -0.2) is 11.7 Å². The SMILES string of the molecule is NCC/C(=C\F)c1cccc(O)c1. The fourth-order valence-corrected chi connectivity index (χ4v) is 1.12. The highest BCUT2D eigenvalue weighted by Crippen LogP contribution is 2.21. The van der Waals surface area contributed by atoms with Gasteiger partial charge < -0.3 is 10.8 Å². The van der Waals surface area contributed by atoms with Crippen molar-refractivity contribution < 1.29 is 9.50 Å². The van der Waals surface area contributed by atoms with Crippen molar-refractivity contribution in [1.82, 2.24) is 0 Å². The average Bonchev–Trinajstić information content (AvgIpc) is 2.14. The van der Waals surface area contributed by atoms with Crippen LogP contribution in [0.5, 0.6) is 5.75 Å². The van der Waals surface area contributed by atoms with Gasteiger partial charge in [0.05, 0.1) is 6.33 Å². The Balaban J connectivity index is 2.92. The van der Waals surface area contributed by atoms with Gasteiger partial charge in [0.2, 0.25) is 0 Å².